The fraction of sp³-hybridized carbons (Fsp3) is 0.800. The summed E-state index contributed by atoms with van der Waals surface area (Å²) < 4.78 is 5.23. The van der Waals surface area contributed by atoms with E-state index in [-0.39, 0.29) is 12.1 Å². The Balaban J connectivity index is 1.64. The summed E-state index contributed by atoms with van der Waals surface area (Å²) in [6, 6.07) is -0.623. The van der Waals surface area contributed by atoms with E-state index in [1.165, 1.54) is 4.90 Å². The first-order valence-electron chi connectivity index (χ1n) is 5.90. The van der Waals surface area contributed by atoms with Gasteiger partial charge in [-0.15, -0.1) is 0 Å². The van der Waals surface area contributed by atoms with Crippen LogP contribution in [0.3, 0.4) is 0 Å². The van der Waals surface area contributed by atoms with Crippen LogP contribution in [0.25, 0.3) is 0 Å². The molecule has 0 aliphatic carbocycles. The summed E-state index contributed by atoms with van der Waals surface area (Å²) in [4.78, 5) is 26.2. The van der Waals surface area contributed by atoms with Crippen molar-refractivity contribution >= 4 is 12.1 Å². The third-order valence-corrected chi connectivity index (χ3v) is 2.91. The highest BCUT2D eigenvalue weighted by atomic mass is 16.5. The predicted octanol–water partition coefficient (Wildman–Crippen LogP) is -0.947. The molecule has 0 saturated carbocycles. The van der Waals surface area contributed by atoms with E-state index in [1.54, 1.807) is 0 Å². The van der Waals surface area contributed by atoms with Crippen molar-refractivity contribution in [3.8, 4) is 0 Å². The molecule has 0 aromatic carbocycles. The summed E-state index contributed by atoms with van der Waals surface area (Å²) in [5, 5.41) is 5.34. The smallest absolute Gasteiger partial charge is 0.325 e. The van der Waals surface area contributed by atoms with Crippen molar-refractivity contribution in [3.05, 3.63) is 0 Å². The van der Waals surface area contributed by atoms with Gasteiger partial charge in [0.25, 0.3) is 0 Å². The van der Waals surface area contributed by atoms with Crippen molar-refractivity contribution < 1.29 is 14.3 Å². The number of carbonyl (C=O) groups excluding carboxylic acids is 2. The molecule has 0 spiro atoms. The molecule has 0 bridgehead atoms. The molecule has 0 atom stereocenters. The Morgan fingerprint density at radius 1 is 1.35 bits per heavy atom. The minimum absolute atomic E-state index is 0.311. The van der Waals surface area contributed by atoms with Crippen LogP contribution in [0.1, 0.15) is 0 Å². The lowest BCUT2D eigenvalue weighted by Crippen LogP contribution is -2.46. The second-order valence-corrected chi connectivity index (χ2v) is 4.07. The number of amides is 4. The van der Waals surface area contributed by atoms with Crippen LogP contribution in [0.2, 0.25) is 0 Å². The minimum atomic E-state index is -0.312. The Kier molecular flexibility index (Phi) is 4.16. The zero-order valence-corrected chi connectivity index (χ0v) is 9.78. The highest BCUT2D eigenvalue weighted by Gasteiger charge is 2.25. The summed E-state index contributed by atoms with van der Waals surface area (Å²) in [5.41, 5.74) is 0. The number of nitrogens with zero attached hydrogens (tertiary/aromatic N) is 2. The molecule has 2 heterocycles. The Hall–Kier alpha value is -1.34. The second-order valence-electron chi connectivity index (χ2n) is 4.07. The number of morpholine rings is 1. The molecule has 2 saturated heterocycles. The van der Waals surface area contributed by atoms with E-state index < -0.39 is 0 Å². The highest BCUT2D eigenvalue weighted by molar-refractivity contribution is 5.94. The van der Waals surface area contributed by atoms with Gasteiger partial charge >= 0.3 is 12.1 Å². The van der Waals surface area contributed by atoms with Gasteiger partial charge in [-0.25, -0.2) is 14.5 Å². The fourth-order valence-corrected chi connectivity index (χ4v) is 1.91. The van der Waals surface area contributed by atoms with E-state index in [0.29, 0.717) is 19.6 Å². The Labute approximate surface area is 100 Å². The minimum Gasteiger partial charge on any atom is -0.379 e. The molecule has 0 aromatic rings. The number of nitrogens with one attached hydrogen (secondary N) is 2. The average Bonchev–Trinajstić information content (AvgIpc) is 2.77. The number of hydrogen-bond donors (Lipinski definition) is 2. The van der Waals surface area contributed by atoms with Gasteiger partial charge in [-0.05, 0) is 0 Å². The van der Waals surface area contributed by atoms with Gasteiger partial charge in [-0.3, -0.25) is 4.90 Å². The zero-order chi connectivity index (χ0) is 12.1. The molecule has 7 heteroatoms. The molecule has 0 radical (unpaired) electrons. The van der Waals surface area contributed by atoms with Gasteiger partial charge in [-0.2, -0.15) is 0 Å². The quantitative estimate of drug-likeness (QED) is 0.669. The number of ether oxygens (including phenoxy) is 1. The third-order valence-electron chi connectivity index (χ3n) is 2.91. The van der Waals surface area contributed by atoms with Gasteiger partial charge < -0.3 is 15.4 Å². The Bertz CT molecular complexity index is 291. The molecule has 96 valence electrons. The summed E-state index contributed by atoms with van der Waals surface area (Å²) in [6.45, 7) is 5.65. The fourth-order valence-electron chi connectivity index (χ4n) is 1.91. The van der Waals surface area contributed by atoms with Crippen LogP contribution < -0.4 is 10.6 Å². The van der Waals surface area contributed by atoms with E-state index in [1.807, 2.05) is 0 Å². The van der Waals surface area contributed by atoms with Crippen molar-refractivity contribution in [2.75, 3.05) is 52.5 Å². The maximum Gasteiger partial charge on any atom is 0.325 e. The lowest BCUT2D eigenvalue weighted by atomic mass is 10.4. The molecule has 0 aromatic heterocycles. The molecule has 2 N–H and O–H groups in total. The van der Waals surface area contributed by atoms with Crippen LogP contribution in [0.5, 0.6) is 0 Å². The Morgan fingerprint density at radius 2 is 2.12 bits per heavy atom. The number of imide groups is 1. The van der Waals surface area contributed by atoms with Gasteiger partial charge in [0.15, 0.2) is 0 Å². The van der Waals surface area contributed by atoms with E-state index in [9.17, 15) is 9.59 Å². The van der Waals surface area contributed by atoms with Crippen LogP contribution in [-0.4, -0.2) is 74.3 Å². The lowest BCUT2D eigenvalue weighted by Gasteiger charge is -2.26. The number of urea groups is 2. The topological polar surface area (TPSA) is 73.9 Å². The van der Waals surface area contributed by atoms with E-state index in [2.05, 4.69) is 15.5 Å². The maximum absolute atomic E-state index is 11.6. The van der Waals surface area contributed by atoms with Crippen molar-refractivity contribution in [3.63, 3.8) is 0 Å². The summed E-state index contributed by atoms with van der Waals surface area (Å²) >= 11 is 0. The molecule has 7 nitrogen and oxygen atoms in total. The normalized spacial score (nSPS) is 21.4. The van der Waals surface area contributed by atoms with Crippen molar-refractivity contribution in [2.45, 2.75) is 0 Å². The Morgan fingerprint density at radius 3 is 2.76 bits per heavy atom. The maximum atomic E-state index is 11.6. The second kappa shape index (κ2) is 5.83. The van der Waals surface area contributed by atoms with Crippen LogP contribution in [-0.2, 0) is 4.74 Å². The van der Waals surface area contributed by atoms with Gasteiger partial charge in [0.2, 0.25) is 0 Å². The van der Waals surface area contributed by atoms with Crippen LogP contribution in [0.15, 0.2) is 0 Å². The van der Waals surface area contributed by atoms with E-state index in [4.69, 9.17) is 4.74 Å². The van der Waals surface area contributed by atoms with E-state index in [0.717, 1.165) is 32.8 Å². The average molecular weight is 242 g/mol. The lowest BCUT2D eigenvalue weighted by molar-refractivity contribution is 0.0386. The van der Waals surface area contributed by atoms with Gasteiger partial charge in [0, 0.05) is 39.3 Å². The van der Waals surface area contributed by atoms with Gasteiger partial charge in [0.05, 0.1) is 13.2 Å². The van der Waals surface area contributed by atoms with Crippen molar-refractivity contribution in [1.82, 2.24) is 20.4 Å². The summed E-state index contributed by atoms with van der Waals surface area (Å²) in [6.07, 6.45) is 0. The van der Waals surface area contributed by atoms with Crippen molar-refractivity contribution in [2.24, 2.45) is 0 Å². The van der Waals surface area contributed by atoms with Crippen LogP contribution in [0.4, 0.5) is 9.59 Å². The summed E-state index contributed by atoms with van der Waals surface area (Å²) in [5.74, 6) is 0. The molecule has 17 heavy (non-hydrogen) atoms. The van der Waals surface area contributed by atoms with Crippen molar-refractivity contribution in [1.29, 1.82) is 0 Å². The van der Waals surface area contributed by atoms with Gasteiger partial charge in [0.1, 0.15) is 0 Å². The standard InChI is InChI=1S/C10H18N4O3/c15-9(14-4-2-12-10(14)16)11-1-3-13-5-7-17-8-6-13/h1-8H2,(H,11,15)(H,12,16). The molecular weight excluding hydrogens is 224 g/mol. The van der Waals surface area contributed by atoms with Gasteiger partial charge in [-0.1, -0.05) is 0 Å². The predicted molar refractivity (Wildman–Crippen MR) is 60.8 cm³/mol. The third kappa shape index (κ3) is 3.31. The largest absolute Gasteiger partial charge is 0.379 e. The molecule has 4 amide bonds. The van der Waals surface area contributed by atoms with Crippen LogP contribution >= 0.6 is 0 Å². The molecule has 2 fully saturated rings. The zero-order valence-electron chi connectivity index (χ0n) is 9.78. The SMILES string of the molecule is O=C(NCCN1CCOCC1)N1CCNC1=O. The molecule has 2 rings (SSSR count). The molecule has 2 aliphatic rings. The first-order chi connectivity index (χ1) is 8.27. The first kappa shape index (κ1) is 12.1. The molecule has 0 unspecified atom stereocenters. The molecule has 2 aliphatic heterocycles. The van der Waals surface area contributed by atoms with E-state index >= 15 is 0 Å². The first-order valence-corrected chi connectivity index (χ1v) is 5.90. The molecular formula is C10H18N4O3. The van der Waals surface area contributed by atoms with Crippen LogP contribution in [0, 0.1) is 0 Å². The number of carbonyl (C=O) groups is 2. The number of hydrogen-bond acceptors (Lipinski definition) is 4. The monoisotopic (exact) mass is 242 g/mol. The highest BCUT2D eigenvalue weighted by Crippen LogP contribution is 1.98. The number of rotatable bonds is 3. The summed E-state index contributed by atoms with van der Waals surface area (Å²) in [7, 11) is 0.